The Morgan fingerprint density at radius 3 is 2.71 bits per heavy atom. The fourth-order valence-corrected chi connectivity index (χ4v) is 2.69. The molecule has 0 aliphatic heterocycles. The number of benzene rings is 1. The Morgan fingerprint density at radius 2 is 2.14 bits per heavy atom. The molecule has 21 heavy (non-hydrogen) atoms. The van der Waals surface area contributed by atoms with Crippen LogP contribution in [0.15, 0.2) is 18.2 Å². The van der Waals surface area contributed by atoms with Crippen molar-refractivity contribution >= 4 is 17.3 Å². The zero-order valence-electron chi connectivity index (χ0n) is 13.4. The SMILES string of the molecule is COCCNCc1ccc(N(CC2CC2)C(C)C)cc1Cl. The van der Waals surface area contributed by atoms with Crippen LogP contribution in [0, 0.1) is 5.92 Å². The summed E-state index contributed by atoms with van der Waals surface area (Å²) in [5.41, 5.74) is 2.38. The van der Waals surface area contributed by atoms with Crippen LogP contribution in [-0.2, 0) is 11.3 Å². The average molecular weight is 311 g/mol. The highest BCUT2D eigenvalue weighted by Gasteiger charge is 2.25. The molecule has 0 bridgehead atoms. The van der Waals surface area contributed by atoms with Gasteiger partial charge in [0.2, 0.25) is 0 Å². The van der Waals surface area contributed by atoms with Gasteiger partial charge in [-0.25, -0.2) is 0 Å². The summed E-state index contributed by atoms with van der Waals surface area (Å²) in [5.74, 6) is 0.876. The van der Waals surface area contributed by atoms with Crippen LogP contribution in [0.25, 0.3) is 0 Å². The average Bonchev–Trinajstić information content (AvgIpc) is 3.26. The molecular formula is C17H27ClN2O. The maximum atomic E-state index is 6.45. The minimum absolute atomic E-state index is 0.507. The van der Waals surface area contributed by atoms with Crippen molar-refractivity contribution in [2.45, 2.75) is 39.3 Å². The van der Waals surface area contributed by atoms with Crippen LogP contribution in [0.5, 0.6) is 0 Å². The number of rotatable bonds is 9. The minimum atomic E-state index is 0.507. The summed E-state index contributed by atoms with van der Waals surface area (Å²) in [6.07, 6.45) is 2.75. The molecule has 1 aromatic rings. The normalized spacial score (nSPS) is 14.7. The standard InChI is InChI=1S/C17H27ClN2O/c1-13(2)20(12-14-4-5-14)16-7-6-15(17(18)10-16)11-19-8-9-21-3/h6-7,10,13-14,19H,4-5,8-9,11-12H2,1-3H3. The topological polar surface area (TPSA) is 24.5 Å². The third-order valence-corrected chi connectivity index (χ3v) is 4.29. The van der Waals surface area contributed by atoms with E-state index in [-0.39, 0.29) is 0 Å². The molecular weight excluding hydrogens is 284 g/mol. The number of anilines is 1. The van der Waals surface area contributed by atoms with Gasteiger partial charge in [0.1, 0.15) is 0 Å². The number of ether oxygens (including phenoxy) is 1. The molecule has 0 saturated heterocycles. The van der Waals surface area contributed by atoms with Crippen LogP contribution in [0.4, 0.5) is 5.69 Å². The molecule has 0 radical (unpaired) electrons. The molecule has 1 N–H and O–H groups in total. The van der Waals surface area contributed by atoms with Crippen molar-refractivity contribution in [2.75, 3.05) is 31.7 Å². The number of hydrogen-bond acceptors (Lipinski definition) is 3. The summed E-state index contributed by atoms with van der Waals surface area (Å²) in [7, 11) is 1.71. The molecule has 3 nitrogen and oxygen atoms in total. The van der Waals surface area contributed by atoms with Crippen LogP contribution in [0.1, 0.15) is 32.3 Å². The Balaban J connectivity index is 1.98. The highest BCUT2D eigenvalue weighted by atomic mass is 35.5. The summed E-state index contributed by atoms with van der Waals surface area (Å²) in [6, 6.07) is 6.95. The van der Waals surface area contributed by atoms with Crippen LogP contribution < -0.4 is 10.2 Å². The van der Waals surface area contributed by atoms with Crippen molar-refractivity contribution in [3.05, 3.63) is 28.8 Å². The molecule has 1 fully saturated rings. The summed E-state index contributed by atoms with van der Waals surface area (Å²) in [4.78, 5) is 2.46. The van der Waals surface area contributed by atoms with Gasteiger partial charge in [-0.05, 0) is 50.3 Å². The molecule has 4 heteroatoms. The molecule has 0 amide bonds. The van der Waals surface area contributed by atoms with Gasteiger partial charge >= 0.3 is 0 Å². The number of methoxy groups -OCH3 is 1. The zero-order valence-corrected chi connectivity index (χ0v) is 14.1. The number of nitrogens with one attached hydrogen (secondary N) is 1. The Hall–Kier alpha value is -0.770. The molecule has 1 aliphatic rings. The van der Waals surface area contributed by atoms with E-state index in [9.17, 15) is 0 Å². The van der Waals surface area contributed by atoms with Gasteiger partial charge in [-0.1, -0.05) is 17.7 Å². The number of nitrogens with zero attached hydrogens (tertiary/aromatic N) is 1. The second kappa shape index (κ2) is 8.02. The van der Waals surface area contributed by atoms with Crippen molar-refractivity contribution in [3.8, 4) is 0 Å². The van der Waals surface area contributed by atoms with E-state index in [0.717, 1.165) is 42.7 Å². The number of hydrogen-bond donors (Lipinski definition) is 1. The predicted molar refractivity (Wildman–Crippen MR) is 90.2 cm³/mol. The summed E-state index contributed by atoms with van der Waals surface area (Å²) in [6.45, 7) is 7.99. The van der Waals surface area contributed by atoms with Gasteiger partial charge in [-0.3, -0.25) is 0 Å². The summed E-state index contributed by atoms with van der Waals surface area (Å²) >= 11 is 6.45. The summed E-state index contributed by atoms with van der Waals surface area (Å²) < 4.78 is 5.03. The first-order valence-corrected chi connectivity index (χ1v) is 8.24. The molecule has 2 rings (SSSR count). The predicted octanol–water partition coefficient (Wildman–Crippen LogP) is 3.70. The molecule has 118 valence electrons. The van der Waals surface area contributed by atoms with E-state index >= 15 is 0 Å². The zero-order chi connectivity index (χ0) is 15.2. The lowest BCUT2D eigenvalue weighted by Crippen LogP contribution is -2.32. The van der Waals surface area contributed by atoms with Gasteiger partial charge in [-0.2, -0.15) is 0 Å². The second-order valence-electron chi connectivity index (χ2n) is 6.13. The third kappa shape index (κ3) is 5.17. The van der Waals surface area contributed by atoms with E-state index in [0.29, 0.717) is 6.04 Å². The highest BCUT2D eigenvalue weighted by Crippen LogP contribution is 2.33. The van der Waals surface area contributed by atoms with E-state index < -0.39 is 0 Å². The molecule has 1 saturated carbocycles. The first-order valence-electron chi connectivity index (χ1n) is 7.86. The molecule has 0 atom stereocenters. The van der Waals surface area contributed by atoms with E-state index in [4.69, 9.17) is 16.3 Å². The fraction of sp³-hybridized carbons (Fsp3) is 0.647. The van der Waals surface area contributed by atoms with E-state index in [1.54, 1.807) is 7.11 Å². The molecule has 0 aromatic heterocycles. The van der Waals surface area contributed by atoms with Crippen molar-refractivity contribution in [1.29, 1.82) is 0 Å². The molecule has 1 aromatic carbocycles. The number of halogens is 1. The van der Waals surface area contributed by atoms with E-state index in [2.05, 4.69) is 42.3 Å². The molecule has 1 aliphatic carbocycles. The first-order chi connectivity index (χ1) is 10.1. The third-order valence-electron chi connectivity index (χ3n) is 3.94. The van der Waals surface area contributed by atoms with Crippen molar-refractivity contribution in [1.82, 2.24) is 5.32 Å². The van der Waals surface area contributed by atoms with E-state index in [1.807, 2.05) is 0 Å². The fourth-order valence-electron chi connectivity index (χ4n) is 2.45. The highest BCUT2D eigenvalue weighted by molar-refractivity contribution is 6.31. The first kappa shape index (κ1) is 16.6. The van der Waals surface area contributed by atoms with Gasteiger partial charge in [-0.15, -0.1) is 0 Å². The Bertz CT molecular complexity index is 446. The van der Waals surface area contributed by atoms with Gasteiger partial charge in [0, 0.05) is 43.5 Å². The molecule has 0 unspecified atom stereocenters. The van der Waals surface area contributed by atoms with Gasteiger partial charge < -0.3 is 15.0 Å². The van der Waals surface area contributed by atoms with Crippen LogP contribution in [0.2, 0.25) is 5.02 Å². The smallest absolute Gasteiger partial charge is 0.0587 e. The lowest BCUT2D eigenvalue weighted by molar-refractivity contribution is 0.199. The van der Waals surface area contributed by atoms with Crippen LogP contribution in [0.3, 0.4) is 0 Å². The lowest BCUT2D eigenvalue weighted by atomic mass is 10.1. The molecule has 0 heterocycles. The van der Waals surface area contributed by atoms with Gasteiger partial charge in [0.15, 0.2) is 0 Å². The largest absolute Gasteiger partial charge is 0.383 e. The maximum absolute atomic E-state index is 6.45. The second-order valence-corrected chi connectivity index (χ2v) is 6.54. The maximum Gasteiger partial charge on any atom is 0.0587 e. The monoisotopic (exact) mass is 310 g/mol. The van der Waals surface area contributed by atoms with Crippen molar-refractivity contribution in [2.24, 2.45) is 5.92 Å². The van der Waals surface area contributed by atoms with Gasteiger partial charge in [0.05, 0.1) is 6.61 Å². The Labute approximate surface area is 133 Å². The Kier molecular flexibility index (Phi) is 6.34. The summed E-state index contributed by atoms with van der Waals surface area (Å²) in [5, 5.41) is 4.18. The molecule has 0 spiro atoms. The van der Waals surface area contributed by atoms with Gasteiger partial charge in [0.25, 0.3) is 0 Å². The van der Waals surface area contributed by atoms with Crippen molar-refractivity contribution < 1.29 is 4.74 Å². The quantitative estimate of drug-likeness (QED) is 0.704. The Morgan fingerprint density at radius 1 is 1.38 bits per heavy atom. The van der Waals surface area contributed by atoms with E-state index in [1.165, 1.54) is 18.5 Å². The van der Waals surface area contributed by atoms with Crippen LogP contribution in [-0.4, -0.2) is 32.8 Å². The lowest BCUT2D eigenvalue weighted by Gasteiger charge is -2.29. The van der Waals surface area contributed by atoms with Crippen molar-refractivity contribution in [3.63, 3.8) is 0 Å². The minimum Gasteiger partial charge on any atom is -0.383 e. The van der Waals surface area contributed by atoms with Crippen LogP contribution >= 0.6 is 11.6 Å².